The average Bonchev–Trinajstić information content (AvgIpc) is 3.00. The zero-order valence-electron chi connectivity index (χ0n) is 14.2. The summed E-state index contributed by atoms with van der Waals surface area (Å²) in [5, 5.41) is 24.9. The van der Waals surface area contributed by atoms with Crippen molar-refractivity contribution in [2.45, 2.75) is 46.0 Å². The summed E-state index contributed by atoms with van der Waals surface area (Å²) in [4.78, 5) is 8.61. The van der Waals surface area contributed by atoms with Gasteiger partial charge in [0.1, 0.15) is 5.92 Å². The van der Waals surface area contributed by atoms with Gasteiger partial charge in [0.2, 0.25) is 5.88 Å². The fourth-order valence-corrected chi connectivity index (χ4v) is 3.20. The highest BCUT2D eigenvalue weighted by molar-refractivity contribution is 5.57. The highest BCUT2D eigenvalue weighted by Gasteiger charge is 2.44. The van der Waals surface area contributed by atoms with Gasteiger partial charge in [-0.2, -0.15) is 9.94 Å². The molecule has 2 aromatic heterocycles. The molecule has 24 heavy (non-hydrogen) atoms. The molecule has 0 saturated heterocycles. The minimum atomic E-state index is -0.483. The highest BCUT2D eigenvalue weighted by atomic mass is 16.3. The van der Waals surface area contributed by atoms with E-state index >= 15 is 0 Å². The third-order valence-corrected chi connectivity index (χ3v) is 4.69. The molecule has 1 aliphatic heterocycles. The molecule has 0 saturated carbocycles. The van der Waals surface area contributed by atoms with Crippen molar-refractivity contribution in [3.8, 4) is 17.5 Å². The summed E-state index contributed by atoms with van der Waals surface area (Å²) in [7, 11) is 0. The predicted octanol–water partition coefficient (Wildman–Crippen LogP) is 3.90. The van der Waals surface area contributed by atoms with Crippen molar-refractivity contribution in [3.05, 3.63) is 35.9 Å². The van der Waals surface area contributed by atoms with Crippen LogP contribution in [0.25, 0.3) is 17.3 Å². The van der Waals surface area contributed by atoms with Gasteiger partial charge in [-0.1, -0.05) is 27.2 Å². The summed E-state index contributed by atoms with van der Waals surface area (Å²) in [6.07, 6.45) is 6.08. The third-order valence-electron chi connectivity index (χ3n) is 4.69. The van der Waals surface area contributed by atoms with E-state index in [1.165, 1.54) is 4.68 Å². The number of aliphatic hydroxyl groups is 1. The lowest BCUT2D eigenvalue weighted by atomic mass is 9.70. The van der Waals surface area contributed by atoms with Crippen LogP contribution in [0.2, 0.25) is 0 Å². The second-order valence-electron chi connectivity index (χ2n) is 6.64. The van der Waals surface area contributed by atoms with Gasteiger partial charge in [0.15, 0.2) is 11.6 Å². The summed E-state index contributed by atoms with van der Waals surface area (Å²) < 4.78 is 1.42. The molecule has 3 heterocycles. The number of aromatic nitrogens is 4. The molecule has 0 aliphatic carbocycles. The SMILES string of the molecule is CCCCC1=C(O)n2nc(-c3cccnc3)nc2C(C#N)C1(C)C. The first kappa shape index (κ1) is 16.2. The van der Waals surface area contributed by atoms with E-state index in [-0.39, 0.29) is 5.88 Å². The Labute approximate surface area is 141 Å². The average molecular weight is 323 g/mol. The Balaban J connectivity index is 2.16. The maximum atomic E-state index is 10.8. The third kappa shape index (κ3) is 2.46. The van der Waals surface area contributed by atoms with Crippen LogP contribution in [0.3, 0.4) is 0 Å². The van der Waals surface area contributed by atoms with Crippen molar-refractivity contribution in [3.63, 3.8) is 0 Å². The molecule has 6 nitrogen and oxygen atoms in total. The number of aliphatic hydroxyl groups excluding tert-OH is 1. The zero-order chi connectivity index (χ0) is 17.3. The fourth-order valence-electron chi connectivity index (χ4n) is 3.20. The summed E-state index contributed by atoms with van der Waals surface area (Å²) in [5.74, 6) is 0.604. The summed E-state index contributed by atoms with van der Waals surface area (Å²) in [6, 6.07) is 6.03. The molecule has 1 N–H and O–H groups in total. The van der Waals surface area contributed by atoms with Gasteiger partial charge in [-0.15, -0.1) is 5.10 Å². The Morgan fingerprint density at radius 1 is 1.42 bits per heavy atom. The van der Waals surface area contributed by atoms with Crippen LogP contribution in [0.15, 0.2) is 30.1 Å². The second-order valence-corrected chi connectivity index (χ2v) is 6.64. The van der Waals surface area contributed by atoms with E-state index in [1.54, 1.807) is 12.4 Å². The smallest absolute Gasteiger partial charge is 0.213 e. The van der Waals surface area contributed by atoms with Crippen molar-refractivity contribution < 1.29 is 5.11 Å². The minimum Gasteiger partial charge on any atom is -0.493 e. The quantitative estimate of drug-likeness (QED) is 0.921. The van der Waals surface area contributed by atoms with Gasteiger partial charge >= 0.3 is 0 Å². The number of fused-ring (bicyclic) bond motifs is 1. The maximum absolute atomic E-state index is 10.8. The lowest BCUT2D eigenvalue weighted by Gasteiger charge is -2.36. The Kier molecular flexibility index (Phi) is 4.10. The van der Waals surface area contributed by atoms with E-state index in [1.807, 2.05) is 26.0 Å². The van der Waals surface area contributed by atoms with Crippen LogP contribution in [0.1, 0.15) is 51.8 Å². The normalized spacial score (nSPS) is 19.0. The summed E-state index contributed by atoms with van der Waals surface area (Å²) in [5.41, 5.74) is 1.14. The number of nitrogens with zero attached hydrogens (tertiary/aromatic N) is 5. The van der Waals surface area contributed by atoms with Crippen molar-refractivity contribution in [2.24, 2.45) is 5.41 Å². The molecule has 0 aromatic carbocycles. The standard InChI is InChI=1S/C18H21N5O/c1-4-5-8-13-17(24)23-16(14(10-19)18(13,2)3)21-15(22-23)12-7-6-9-20-11-12/h6-7,9,11,14,24H,4-5,8H2,1-3H3. The molecule has 0 radical (unpaired) electrons. The molecule has 2 aromatic rings. The number of hydrogen-bond donors (Lipinski definition) is 1. The van der Waals surface area contributed by atoms with Crippen molar-refractivity contribution in [1.29, 1.82) is 5.26 Å². The van der Waals surface area contributed by atoms with Gasteiger partial charge in [-0.3, -0.25) is 4.98 Å². The molecule has 3 rings (SSSR count). The first-order valence-corrected chi connectivity index (χ1v) is 8.20. The molecule has 1 aliphatic rings. The van der Waals surface area contributed by atoms with Crippen molar-refractivity contribution >= 4 is 5.88 Å². The number of rotatable bonds is 4. The first-order valence-electron chi connectivity index (χ1n) is 8.20. The maximum Gasteiger partial charge on any atom is 0.213 e. The number of unbranched alkanes of at least 4 members (excludes halogenated alkanes) is 1. The molecule has 1 atom stereocenters. The number of nitriles is 1. The number of pyridine rings is 1. The largest absolute Gasteiger partial charge is 0.493 e. The van der Waals surface area contributed by atoms with Gasteiger partial charge in [-0.05, 0) is 30.5 Å². The fraction of sp³-hybridized carbons (Fsp3) is 0.444. The van der Waals surface area contributed by atoms with Gasteiger partial charge in [0, 0.05) is 23.4 Å². The Hall–Kier alpha value is -2.68. The van der Waals surface area contributed by atoms with Crippen LogP contribution in [0.5, 0.6) is 0 Å². The summed E-state index contributed by atoms with van der Waals surface area (Å²) >= 11 is 0. The minimum absolute atomic E-state index is 0.109. The second kappa shape index (κ2) is 6.08. The van der Waals surface area contributed by atoms with Gasteiger partial charge in [0.25, 0.3) is 0 Å². The van der Waals surface area contributed by atoms with Crippen LogP contribution >= 0.6 is 0 Å². The van der Waals surface area contributed by atoms with Crippen LogP contribution < -0.4 is 0 Å². The van der Waals surface area contributed by atoms with Crippen molar-refractivity contribution in [2.75, 3.05) is 0 Å². The van der Waals surface area contributed by atoms with E-state index in [0.717, 1.165) is 30.4 Å². The van der Waals surface area contributed by atoms with Gasteiger partial charge < -0.3 is 5.11 Å². The van der Waals surface area contributed by atoms with Crippen LogP contribution in [0.4, 0.5) is 0 Å². The van der Waals surface area contributed by atoms with Crippen LogP contribution in [-0.4, -0.2) is 24.9 Å². The first-order chi connectivity index (χ1) is 11.5. The molecule has 0 spiro atoms. The predicted molar refractivity (Wildman–Crippen MR) is 90.8 cm³/mol. The van der Waals surface area contributed by atoms with E-state index in [0.29, 0.717) is 11.6 Å². The van der Waals surface area contributed by atoms with Crippen LogP contribution in [-0.2, 0) is 0 Å². The molecule has 0 amide bonds. The van der Waals surface area contributed by atoms with E-state index in [9.17, 15) is 10.4 Å². The zero-order valence-corrected chi connectivity index (χ0v) is 14.2. The van der Waals surface area contributed by atoms with Crippen molar-refractivity contribution in [1.82, 2.24) is 19.7 Å². The summed E-state index contributed by atoms with van der Waals surface area (Å²) in [6.45, 7) is 6.09. The molecule has 0 bridgehead atoms. The van der Waals surface area contributed by atoms with E-state index < -0.39 is 11.3 Å². The Morgan fingerprint density at radius 2 is 2.21 bits per heavy atom. The molecule has 124 valence electrons. The lowest BCUT2D eigenvalue weighted by molar-refractivity contribution is 0.316. The topological polar surface area (TPSA) is 87.6 Å². The number of hydrogen-bond acceptors (Lipinski definition) is 5. The molecule has 1 unspecified atom stereocenters. The highest BCUT2D eigenvalue weighted by Crippen LogP contribution is 2.48. The van der Waals surface area contributed by atoms with Gasteiger partial charge in [0.05, 0.1) is 6.07 Å². The number of allylic oxidation sites excluding steroid dienone is 1. The lowest BCUT2D eigenvalue weighted by Crippen LogP contribution is -2.32. The molecule has 0 fully saturated rings. The van der Waals surface area contributed by atoms with E-state index in [2.05, 4.69) is 28.1 Å². The Morgan fingerprint density at radius 3 is 2.83 bits per heavy atom. The molecule has 6 heteroatoms. The van der Waals surface area contributed by atoms with Gasteiger partial charge in [-0.25, -0.2) is 4.98 Å². The molecular weight excluding hydrogens is 302 g/mol. The Bertz CT molecular complexity index is 814. The monoisotopic (exact) mass is 323 g/mol. The van der Waals surface area contributed by atoms with Crippen LogP contribution in [0, 0.1) is 16.7 Å². The molecular formula is C18H21N5O. The van der Waals surface area contributed by atoms with E-state index in [4.69, 9.17) is 0 Å².